The highest BCUT2D eigenvalue weighted by atomic mass is 16.5. The molecule has 6 rings (SSSR count). The number of primary amides is 1. The fourth-order valence-electron chi connectivity index (χ4n) is 7.21. The lowest BCUT2D eigenvalue weighted by Gasteiger charge is -2.50. The molecule has 2 aromatic rings. The summed E-state index contributed by atoms with van der Waals surface area (Å²) in [5.41, 5.74) is 3.11. The van der Waals surface area contributed by atoms with E-state index in [9.17, 15) is 34.8 Å². The van der Waals surface area contributed by atoms with Gasteiger partial charge in [0.1, 0.15) is 28.6 Å². The lowest BCUT2D eigenvalue weighted by atomic mass is 9.57. The van der Waals surface area contributed by atoms with Crippen LogP contribution in [0.5, 0.6) is 11.5 Å². The van der Waals surface area contributed by atoms with E-state index in [-0.39, 0.29) is 29.7 Å². The Morgan fingerprint density at radius 3 is 2.50 bits per heavy atom. The summed E-state index contributed by atoms with van der Waals surface area (Å²) in [7, 11) is 4.63. The van der Waals surface area contributed by atoms with E-state index < -0.39 is 58.0 Å². The summed E-state index contributed by atoms with van der Waals surface area (Å²) in [6, 6.07) is 4.48. The van der Waals surface area contributed by atoms with Crippen molar-refractivity contribution in [3.05, 3.63) is 51.8 Å². The van der Waals surface area contributed by atoms with E-state index in [2.05, 4.69) is 5.32 Å². The van der Waals surface area contributed by atoms with Crippen LogP contribution >= 0.6 is 0 Å². The second-order valence-corrected chi connectivity index (χ2v) is 12.2. The van der Waals surface area contributed by atoms with Crippen molar-refractivity contribution in [1.29, 1.82) is 0 Å². The van der Waals surface area contributed by atoms with E-state index in [0.717, 1.165) is 12.1 Å². The average molecular weight is 578 g/mol. The van der Waals surface area contributed by atoms with Gasteiger partial charge in [-0.3, -0.25) is 19.3 Å². The number of aliphatic hydroxyl groups is 3. The maximum Gasteiger partial charge on any atom is 0.255 e. The lowest BCUT2D eigenvalue weighted by Crippen LogP contribution is -2.65. The van der Waals surface area contributed by atoms with Gasteiger partial charge >= 0.3 is 0 Å². The number of carbonyl (C=O) groups is 3. The predicted molar refractivity (Wildman–Crippen MR) is 153 cm³/mol. The molecule has 0 spiro atoms. The van der Waals surface area contributed by atoms with Crippen molar-refractivity contribution in [2.75, 3.05) is 27.7 Å². The van der Waals surface area contributed by atoms with Gasteiger partial charge in [0, 0.05) is 34.4 Å². The van der Waals surface area contributed by atoms with Gasteiger partial charge in [-0.15, -0.1) is 0 Å². The van der Waals surface area contributed by atoms with Crippen LogP contribution in [0.4, 0.5) is 0 Å². The maximum atomic E-state index is 14.1. The quantitative estimate of drug-likeness (QED) is 0.265. The van der Waals surface area contributed by atoms with Crippen LogP contribution in [-0.2, 0) is 27.3 Å². The largest absolute Gasteiger partial charge is 0.508 e. The molecule has 0 heterocycles. The Morgan fingerprint density at radius 2 is 1.88 bits per heavy atom. The third-order valence-electron chi connectivity index (χ3n) is 9.37. The number of ether oxygens (including phenoxy) is 1. The van der Waals surface area contributed by atoms with Crippen molar-refractivity contribution >= 4 is 34.0 Å². The number of phenols is 1. The van der Waals surface area contributed by atoms with Crippen LogP contribution in [0.25, 0.3) is 16.5 Å². The van der Waals surface area contributed by atoms with Crippen LogP contribution in [0.1, 0.15) is 36.0 Å². The fraction of sp³-hybridized carbons (Fsp3) is 0.452. The first kappa shape index (κ1) is 28.2. The normalized spacial score (nSPS) is 27.3. The van der Waals surface area contributed by atoms with Crippen LogP contribution in [0.3, 0.4) is 0 Å². The van der Waals surface area contributed by atoms with Crippen LogP contribution in [0.2, 0.25) is 0 Å². The van der Waals surface area contributed by atoms with Crippen LogP contribution < -0.4 is 15.8 Å². The zero-order valence-electron chi connectivity index (χ0n) is 23.7. The van der Waals surface area contributed by atoms with E-state index >= 15 is 0 Å². The highest BCUT2D eigenvalue weighted by molar-refractivity contribution is 6.24. The molecular weight excluding hydrogens is 542 g/mol. The number of nitrogens with one attached hydrogen (secondary N) is 1. The standard InChI is InChI=1S/C31H35N3O8/c1-34(2)23-19-10-15-9-18-21(25(36)20(15)28(38)31(19,41)29(39)22(26(23)37)30(32)40)24(35)17-8-14(12-33-11-13-4-5-13)6-7-16(17)27(18)42-3/h6-8,13,15,19,23,33,35-36,39,41H,4-5,9-12H2,1-3H3,(H2,32,40)/t15-,19-,23-,31-/m0/s1. The molecule has 11 nitrogen and oxygen atoms in total. The Labute approximate surface area is 242 Å². The second-order valence-electron chi connectivity index (χ2n) is 12.2. The van der Waals surface area contributed by atoms with Gasteiger partial charge < -0.3 is 36.2 Å². The van der Waals surface area contributed by atoms with E-state index in [1.807, 2.05) is 18.2 Å². The summed E-state index contributed by atoms with van der Waals surface area (Å²) in [6.45, 7) is 1.50. The molecule has 7 N–H and O–H groups in total. The molecule has 2 aromatic carbocycles. The van der Waals surface area contributed by atoms with Gasteiger partial charge in [-0.25, -0.2) is 0 Å². The molecule has 0 aliphatic heterocycles. The van der Waals surface area contributed by atoms with Crippen molar-refractivity contribution in [3.8, 4) is 11.5 Å². The summed E-state index contributed by atoms with van der Waals surface area (Å²) < 4.78 is 5.80. The van der Waals surface area contributed by atoms with Gasteiger partial charge in [0.25, 0.3) is 5.91 Å². The summed E-state index contributed by atoms with van der Waals surface area (Å²) in [5, 5.41) is 50.4. The number of hydrogen-bond acceptors (Lipinski definition) is 10. The third kappa shape index (κ3) is 3.94. The zero-order chi connectivity index (χ0) is 30.2. The van der Waals surface area contributed by atoms with Crippen molar-refractivity contribution in [1.82, 2.24) is 10.2 Å². The average Bonchev–Trinajstić information content (AvgIpc) is 3.75. The number of carbonyl (C=O) groups excluding carboxylic acids is 3. The highest BCUT2D eigenvalue weighted by Crippen LogP contribution is 2.55. The number of fused-ring (bicyclic) bond motifs is 4. The first-order valence-electron chi connectivity index (χ1n) is 14.1. The molecule has 0 bridgehead atoms. The SMILES string of the molecule is COc1c2c(c(O)c3cc(CNCC4CC4)ccc13)C(O)=C1C(=O)[C@]3(O)C(O)=C(C(N)=O)C(=O)[C@@H](N(C)C)[C@@H]3C[C@@H]1C2. The van der Waals surface area contributed by atoms with Crippen LogP contribution in [0, 0.1) is 17.8 Å². The number of amides is 1. The number of aliphatic hydroxyl groups excluding tert-OH is 2. The molecular formula is C31H35N3O8. The van der Waals surface area contributed by atoms with E-state index in [0.29, 0.717) is 34.5 Å². The Hall–Kier alpha value is -3.93. The molecule has 0 unspecified atom stereocenters. The zero-order valence-corrected chi connectivity index (χ0v) is 23.7. The molecule has 4 aliphatic rings. The van der Waals surface area contributed by atoms with Gasteiger partial charge in [0.2, 0.25) is 5.78 Å². The molecule has 222 valence electrons. The van der Waals surface area contributed by atoms with Gasteiger partial charge in [-0.1, -0.05) is 12.1 Å². The van der Waals surface area contributed by atoms with Gasteiger partial charge in [-0.2, -0.15) is 0 Å². The summed E-state index contributed by atoms with van der Waals surface area (Å²) in [5.74, 6) is -5.66. The van der Waals surface area contributed by atoms with Crippen molar-refractivity contribution < 1.29 is 39.5 Å². The summed E-state index contributed by atoms with van der Waals surface area (Å²) in [4.78, 5) is 41.0. The molecule has 42 heavy (non-hydrogen) atoms. The minimum absolute atomic E-state index is 0.0127. The molecule has 11 heteroatoms. The van der Waals surface area contributed by atoms with Gasteiger partial charge in [0.05, 0.1) is 18.7 Å². The van der Waals surface area contributed by atoms with Crippen molar-refractivity contribution in [2.24, 2.45) is 23.5 Å². The molecule has 2 fully saturated rings. The van der Waals surface area contributed by atoms with E-state index in [4.69, 9.17) is 10.5 Å². The Morgan fingerprint density at radius 1 is 1.17 bits per heavy atom. The number of methoxy groups -OCH3 is 1. The van der Waals surface area contributed by atoms with E-state index in [1.165, 1.54) is 24.9 Å². The second kappa shape index (κ2) is 9.82. The van der Waals surface area contributed by atoms with E-state index in [1.54, 1.807) is 14.1 Å². The molecule has 0 radical (unpaired) electrons. The summed E-state index contributed by atoms with van der Waals surface area (Å²) in [6.07, 6.45) is 2.62. The first-order chi connectivity index (χ1) is 19.9. The molecule has 0 saturated heterocycles. The van der Waals surface area contributed by atoms with Gasteiger partial charge in [-0.05, 0) is 69.8 Å². The number of benzene rings is 2. The molecule has 0 aromatic heterocycles. The number of Topliss-reactive ketones (excluding diaryl/α,β-unsaturated/α-hetero) is 2. The predicted octanol–water partition coefficient (Wildman–Crippen LogP) is 1.63. The highest BCUT2D eigenvalue weighted by Gasteiger charge is 2.64. The van der Waals surface area contributed by atoms with Gasteiger partial charge in [0.15, 0.2) is 11.4 Å². The molecule has 4 atom stereocenters. The Bertz CT molecular complexity index is 1620. The minimum atomic E-state index is -2.68. The van der Waals surface area contributed by atoms with Crippen LogP contribution in [0.15, 0.2) is 35.1 Å². The van der Waals surface area contributed by atoms with Crippen molar-refractivity contribution in [2.45, 2.75) is 43.9 Å². The fourth-order valence-corrected chi connectivity index (χ4v) is 7.21. The molecule has 4 aliphatic carbocycles. The Kier molecular flexibility index (Phi) is 6.60. The van der Waals surface area contributed by atoms with Crippen LogP contribution in [-0.4, -0.2) is 82.2 Å². The lowest BCUT2D eigenvalue weighted by molar-refractivity contribution is -0.153. The topological polar surface area (TPSA) is 183 Å². The number of likely N-dealkylation sites (N-methyl/N-ethyl adjacent to an activating group) is 1. The minimum Gasteiger partial charge on any atom is -0.508 e. The van der Waals surface area contributed by atoms with Crippen molar-refractivity contribution in [3.63, 3.8) is 0 Å². The number of hydrogen-bond donors (Lipinski definition) is 6. The Balaban J connectivity index is 1.51. The number of nitrogens with two attached hydrogens (primary N) is 1. The third-order valence-corrected chi connectivity index (χ3v) is 9.37. The monoisotopic (exact) mass is 577 g/mol. The maximum absolute atomic E-state index is 14.1. The number of rotatable bonds is 7. The molecule has 1 amide bonds. The summed E-state index contributed by atoms with van der Waals surface area (Å²) >= 11 is 0. The number of phenolic OH excluding ortho intramolecular Hbond substituents is 1. The number of nitrogens with zero attached hydrogens (tertiary/aromatic N) is 1. The first-order valence-corrected chi connectivity index (χ1v) is 14.1. The number of ketones is 2. The molecule has 2 saturated carbocycles. The number of aromatic hydroxyl groups is 1. The smallest absolute Gasteiger partial charge is 0.255 e.